The summed E-state index contributed by atoms with van der Waals surface area (Å²) in [4.78, 5) is 38.7. The molecule has 39 heavy (non-hydrogen) atoms. The Morgan fingerprint density at radius 2 is 1.41 bits per heavy atom. The minimum atomic E-state index is -0.525. The van der Waals surface area contributed by atoms with Crippen LogP contribution in [0.2, 0.25) is 0 Å². The highest BCUT2D eigenvalue weighted by molar-refractivity contribution is 6.11. The van der Waals surface area contributed by atoms with Crippen molar-refractivity contribution in [1.29, 1.82) is 0 Å². The van der Waals surface area contributed by atoms with Crippen molar-refractivity contribution < 1.29 is 19.1 Å². The van der Waals surface area contributed by atoms with Gasteiger partial charge in [-0.1, -0.05) is 72.3 Å². The molecule has 0 saturated carbocycles. The third kappa shape index (κ3) is 7.40. The van der Waals surface area contributed by atoms with E-state index >= 15 is 0 Å². The fourth-order valence-corrected chi connectivity index (χ4v) is 3.75. The molecule has 6 nitrogen and oxygen atoms in total. The molecule has 2 amide bonds. The van der Waals surface area contributed by atoms with Gasteiger partial charge in [0.25, 0.3) is 11.8 Å². The van der Waals surface area contributed by atoms with Crippen molar-refractivity contribution >= 4 is 35.4 Å². The van der Waals surface area contributed by atoms with Crippen molar-refractivity contribution in [2.75, 3.05) is 12.4 Å². The summed E-state index contributed by atoms with van der Waals surface area (Å²) in [6.45, 7) is 2.01. The fraction of sp³-hybridized carbons (Fsp3) is 0.0606. The normalized spacial score (nSPS) is 11.2. The first kappa shape index (κ1) is 26.8. The van der Waals surface area contributed by atoms with Crippen molar-refractivity contribution in [3.8, 4) is 5.75 Å². The Bertz CT molecular complexity index is 1520. The lowest BCUT2D eigenvalue weighted by Crippen LogP contribution is -2.30. The van der Waals surface area contributed by atoms with E-state index in [2.05, 4.69) is 10.6 Å². The van der Waals surface area contributed by atoms with Gasteiger partial charge in [0.2, 0.25) is 0 Å². The number of ether oxygens (including phenoxy) is 1. The standard InChI is InChI=1S/C33H28N2O4/c1-23-12-14-24(15-13-23)16-21-30(36)25-17-19-28(20-18-25)34-33(38)29(22-27-10-6-7-11-31(27)39-2)35-32(37)26-8-4-3-5-9-26/h3-22H,1-2H3,(H,34,38)(H,35,37)/b21-16+,29-22-. The topological polar surface area (TPSA) is 84.5 Å². The van der Waals surface area contributed by atoms with Gasteiger partial charge in [-0.2, -0.15) is 0 Å². The van der Waals surface area contributed by atoms with Crippen LogP contribution in [-0.2, 0) is 4.79 Å². The molecule has 0 radical (unpaired) electrons. The number of carbonyl (C=O) groups excluding carboxylic acids is 3. The lowest BCUT2D eigenvalue weighted by molar-refractivity contribution is -0.113. The van der Waals surface area contributed by atoms with Gasteiger partial charge in [-0.25, -0.2) is 0 Å². The van der Waals surface area contributed by atoms with E-state index in [0.717, 1.165) is 11.1 Å². The quantitative estimate of drug-likeness (QED) is 0.202. The summed E-state index contributed by atoms with van der Waals surface area (Å²) >= 11 is 0. The van der Waals surface area contributed by atoms with Gasteiger partial charge in [0.15, 0.2) is 5.78 Å². The summed E-state index contributed by atoms with van der Waals surface area (Å²) in [5.74, 6) is -0.546. The molecule has 0 saturated heterocycles. The van der Waals surface area contributed by atoms with Crippen LogP contribution in [0, 0.1) is 6.92 Å². The van der Waals surface area contributed by atoms with E-state index in [1.165, 1.54) is 13.2 Å². The fourth-order valence-electron chi connectivity index (χ4n) is 3.75. The summed E-state index contributed by atoms with van der Waals surface area (Å²) in [6, 6.07) is 30.3. The van der Waals surface area contributed by atoms with Crippen LogP contribution in [-0.4, -0.2) is 24.7 Å². The first-order valence-electron chi connectivity index (χ1n) is 12.3. The molecule has 0 spiro atoms. The summed E-state index contributed by atoms with van der Waals surface area (Å²) < 4.78 is 5.40. The number of para-hydroxylation sites is 1. The van der Waals surface area contributed by atoms with E-state index in [9.17, 15) is 14.4 Å². The number of carbonyl (C=O) groups is 3. The molecule has 4 aromatic rings. The Labute approximate surface area is 227 Å². The lowest BCUT2D eigenvalue weighted by Gasteiger charge is -2.12. The molecule has 0 fully saturated rings. The van der Waals surface area contributed by atoms with Gasteiger partial charge < -0.3 is 15.4 Å². The molecule has 0 unspecified atom stereocenters. The molecule has 194 valence electrons. The van der Waals surface area contributed by atoms with Gasteiger partial charge in [-0.05, 0) is 67.1 Å². The lowest BCUT2D eigenvalue weighted by atomic mass is 10.1. The molecule has 0 atom stereocenters. The van der Waals surface area contributed by atoms with Gasteiger partial charge in [-0.15, -0.1) is 0 Å². The Kier molecular flexibility index (Phi) is 8.83. The third-order valence-electron chi connectivity index (χ3n) is 5.90. The zero-order valence-electron chi connectivity index (χ0n) is 21.7. The Balaban J connectivity index is 1.51. The molecule has 0 heterocycles. The first-order chi connectivity index (χ1) is 18.9. The number of methoxy groups -OCH3 is 1. The van der Waals surface area contributed by atoms with Crippen LogP contribution < -0.4 is 15.4 Å². The average molecular weight is 517 g/mol. The highest BCUT2D eigenvalue weighted by Gasteiger charge is 2.16. The second kappa shape index (κ2) is 12.8. The number of aryl methyl sites for hydroxylation is 1. The number of rotatable bonds is 9. The summed E-state index contributed by atoms with van der Waals surface area (Å²) in [6.07, 6.45) is 4.84. The summed E-state index contributed by atoms with van der Waals surface area (Å²) in [5.41, 5.74) is 4.12. The summed E-state index contributed by atoms with van der Waals surface area (Å²) in [7, 11) is 1.54. The predicted octanol–water partition coefficient (Wildman–Crippen LogP) is 6.31. The number of nitrogens with one attached hydrogen (secondary N) is 2. The average Bonchev–Trinajstić information content (AvgIpc) is 2.97. The van der Waals surface area contributed by atoms with Gasteiger partial charge in [0, 0.05) is 22.4 Å². The van der Waals surface area contributed by atoms with Crippen molar-refractivity contribution in [2.24, 2.45) is 0 Å². The molecular formula is C33H28N2O4. The number of ketones is 1. The molecule has 0 aliphatic heterocycles. The smallest absolute Gasteiger partial charge is 0.272 e. The second-order valence-electron chi connectivity index (χ2n) is 8.76. The highest BCUT2D eigenvalue weighted by atomic mass is 16.5. The maximum Gasteiger partial charge on any atom is 0.272 e. The van der Waals surface area contributed by atoms with Crippen LogP contribution in [0.25, 0.3) is 12.2 Å². The van der Waals surface area contributed by atoms with Crippen LogP contribution in [0.3, 0.4) is 0 Å². The monoisotopic (exact) mass is 516 g/mol. The largest absolute Gasteiger partial charge is 0.496 e. The number of hydrogen-bond donors (Lipinski definition) is 2. The molecule has 0 aliphatic rings. The molecule has 0 bridgehead atoms. The van der Waals surface area contributed by atoms with Gasteiger partial charge >= 0.3 is 0 Å². The zero-order valence-corrected chi connectivity index (χ0v) is 21.7. The van der Waals surface area contributed by atoms with E-state index in [-0.39, 0.29) is 11.5 Å². The van der Waals surface area contributed by atoms with Crippen molar-refractivity contribution in [2.45, 2.75) is 6.92 Å². The van der Waals surface area contributed by atoms with Crippen LogP contribution in [0.15, 0.2) is 115 Å². The number of amides is 2. The first-order valence-corrected chi connectivity index (χ1v) is 12.3. The number of hydrogen-bond acceptors (Lipinski definition) is 4. The Morgan fingerprint density at radius 1 is 0.744 bits per heavy atom. The van der Waals surface area contributed by atoms with Gasteiger partial charge in [-0.3, -0.25) is 14.4 Å². The SMILES string of the molecule is COc1ccccc1/C=C(\NC(=O)c1ccccc1)C(=O)Nc1ccc(C(=O)/C=C/c2ccc(C)cc2)cc1. The molecule has 0 aliphatic carbocycles. The van der Waals surface area contributed by atoms with E-state index in [0.29, 0.717) is 28.1 Å². The number of anilines is 1. The van der Waals surface area contributed by atoms with Gasteiger partial charge in [0.1, 0.15) is 11.4 Å². The second-order valence-corrected chi connectivity index (χ2v) is 8.76. The van der Waals surface area contributed by atoms with Crippen LogP contribution in [0.5, 0.6) is 5.75 Å². The number of allylic oxidation sites excluding steroid dienone is 1. The molecule has 6 heteroatoms. The molecule has 0 aromatic heterocycles. The minimum Gasteiger partial charge on any atom is -0.496 e. The predicted molar refractivity (Wildman–Crippen MR) is 154 cm³/mol. The third-order valence-corrected chi connectivity index (χ3v) is 5.90. The van der Waals surface area contributed by atoms with E-state index in [4.69, 9.17) is 4.74 Å². The van der Waals surface area contributed by atoms with Crippen LogP contribution in [0.4, 0.5) is 5.69 Å². The van der Waals surface area contributed by atoms with E-state index in [1.807, 2.05) is 49.4 Å². The van der Waals surface area contributed by atoms with Crippen molar-refractivity contribution in [1.82, 2.24) is 5.32 Å². The summed E-state index contributed by atoms with van der Waals surface area (Å²) in [5, 5.41) is 5.50. The number of benzene rings is 4. The Morgan fingerprint density at radius 3 is 2.10 bits per heavy atom. The van der Waals surface area contributed by atoms with Crippen LogP contribution in [0.1, 0.15) is 37.4 Å². The Hall–Kier alpha value is -5.23. The maximum atomic E-state index is 13.3. The van der Waals surface area contributed by atoms with Crippen molar-refractivity contribution in [3.63, 3.8) is 0 Å². The molecule has 4 aromatic carbocycles. The maximum absolute atomic E-state index is 13.3. The molecule has 4 rings (SSSR count). The van der Waals surface area contributed by atoms with E-state index < -0.39 is 11.8 Å². The zero-order chi connectivity index (χ0) is 27.6. The highest BCUT2D eigenvalue weighted by Crippen LogP contribution is 2.21. The van der Waals surface area contributed by atoms with Gasteiger partial charge in [0.05, 0.1) is 7.11 Å². The van der Waals surface area contributed by atoms with Crippen LogP contribution >= 0.6 is 0 Å². The van der Waals surface area contributed by atoms with Crippen molar-refractivity contribution in [3.05, 3.63) is 143 Å². The molecular weight excluding hydrogens is 488 g/mol. The minimum absolute atomic E-state index is 0.0366. The van der Waals surface area contributed by atoms with E-state index in [1.54, 1.807) is 72.8 Å². The molecule has 2 N–H and O–H groups in total.